The Kier molecular flexibility index (Phi) is 5.65. The van der Waals surface area contributed by atoms with Crippen LogP contribution in [0.15, 0.2) is 65.6 Å². The molecule has 0 aliphatic rings. The van der Waals surface area contributed by atoms with E-state index in [1.54, 1.807) is 29.1 Å². The number of hydrogen-bond donors (Lipinski definition) is 1. The first-order chi connectivity index (χ1) is 15.2. The Morgan fingerprint density at radius 1 is 0.969 bits per heavy atom. The van der Waals surface area contributed by atoms with Gasteiger partial charge in [-0.1, -0.05) is 63.2 Å². The maximum Gasteiger partial charge on any atom is 0.275 e. The van der Waals surface area contributed by atoms with E-state index in [0.29, 0.717) is 23.4 Å². The lowest BCUT2D eigenvalue weighted by Crippen LogP contribution is -2.30. The molecule has 2 heterocycles. The topological polar surface area (TPSA) is 81.8 Å². The van der Waals surface area contributed by atoms with Crippen LogP contribution in [0.4, 0.5) is 5.82 Å². The number of carbonyl (C=O) groups excluding carboxylic acids is 1. The maximum absolute atomic E-state index is 12.7. The Labute approximate surface area is 186 Å². The summed E-state index contributed by atoms with van der Waals surface area (Å²) in [7, 11) is 0. The number of aromatic nitrogens is 4. The minimum atomic E-state index is -0.334. The van der Waals surface area contributed by atoms with Crippen molar-refractivity contribution in [1.82, 2.24) is 19.6 Å². The van der Waals surface area contributed by atoms with E-state index in [2.05, 4.69) is 60.6 Å². The van der Waals surface area contributed by atoms with Gasteiger partial charge in [0.05, 0.1) is 23.8 Å². The zero-order chi connectivity index (χ0) is 22.9. The molecular formula is C25H27N5O2. The van der Waals surface area contributed by atoms with E-state index in [-0.39, 0.29) is 23.4 Å². The summed E-state index contributed by atoms with van der Waals surface area (Å²) in [6, 6.07) is 17.4. The van der Waals surface area contributed by atoms with Crippen LogP contribution >= 0.6 is 0 Å². The lowest BCUT2D eigenvalue weighted by atomic mass is 9.87. The fraction of sp³-hybridized carbons (Fsp3) is 0.280. The summed E-state index contributed by atoms with van der Waals surface area (Å²) in [6.45, 7) is 8.73. The highest BCUT2D eigenvalue weighted by Gasteiger charge is 2.15. The molecule has 0 bridgehead atoms. The van der Waals surface area contributed by atoms with Gasteiger partial charge in [-0.05, 0) is 29.5 Å². The second-order valence-electron chi connectivity index (χ2n) is 8.96. The van der Waals surface area contributed by atoms with E-state index in [1.165, 1.54) is 10.2 Å². The molecule has 32 heavy (non-hydrogen) atoms. The Balaban J connectivity index is 1.49. The summed E-state index contributed by atoms with van der Waals surface area (Å²) in [5.41, 5.74) is 2.86. The average molecular weight is 430 g/mol. The lowest BCUT2D eigenvalue weighted by molar-refractivity contribution is -0.117. The molecule has 2 aromatic carbocycles. The molecule has 0 unspecified atom stereocenters. The van der Waals surface area contributed by atoms with E-state index in [4.69, 9.17) is 0 Å². The van der Waals surface area contributed by atoms with Gasteiger partial charge >= 0.3 is 0 Å². The molecule has 0 saturated carbocycles. The second kappa shape index (κ2) is 8.42. The Morgan fingerprint density at radius 3 is 2.34 bits per heavy atom. The number of hydrogen-bond acceptors (Lipinski definition) is 4. The van der Waals surface area contributed by atoms with Crippen LogP contribution in [-0.4, -0.2) is 25.5 Å². The van der Waals surface area contributed by atoms with Crippen LogP contribution in [0.25, 0.3) is 10.8 Å². The molecule has 0 atom stereocenters. The van der Waals surface area contributed by atoms with E-state index in [9.17, 15) is 9.59 Å². The van der Waals surface area contributed by atoms with E-state index >= 15 is 0 Å². The van der Waals surface area contributed by atoms with E-state index < -0.39 is 0 Å². The monoisotopic (exact) mass is 429 g/mol. The van der Waals surface area contributed by atoms with Gasteiger partial charge in [0, 0.05) is 11.5 Å². The molecule has 0 radical (unpaired) electrons. The van der Waals surface area contributed by atoms with Crippen LogP contribution < -0.4 is 10.9 Å². The molecule has 1 amide bonds. The highest BCUT2D eigenvalue weighted by molar-refractivity contribution is 5.90. The number of rotatable bonds is 5. The fourth-order valence-corrected chi connectivity index (χ4v) is 3.68. The van der Waals surface area contributed by atoms with Crippen LogP contribution in [0.1, 0.15) is 37.6 Å². The summed E-state index contributed by atoms with van der Waals surface area (Å²) in [6.07, 6.45) is 1.64. The molecule has 0 fully saturated rings. The molecule has 0 aliphatic heterocycles. The minimum Gasteiger partial charge on any atom is -0.309 e. The number of amides is 1. The van der Waals surface area contributed by atoms with Crippen molar-refractivity contribution in [3.63, 3.8) is 0 Å². The summed E-state index contributed by atoms with van der Waals surface area (Å²) in [5, 5.41) is 12.8. The molecule has 4 rings (SSSR count). The van der Waals surface area contributed by atoms with Crippen molar-refractivity contribution in [2.45, 2.75) is 46.2 Å². The maximum atomic E-state index is 12.7. The molecule has 2 aromatic heterocycles. The molecule has 7 heteroatoms. The first-order valence-electron chi connectivity index (χ1n) is 10.6. The van der Waals surface area contributed by atoms with Crippen LogP contribution in [-0.2, 0) is 23.3 Å². The van der Waals surface area contributed by atoms with E-state index in [0.717, 1.165) is 10.9 Å². The predicted molar refractivity (Wildman–Crippen MR) is 126 cm³/mol. The van der Waals surface area contributed by atoms with Gasteiger partial charge in [-0.15, -0.1) is 0 Å². The number of anilines is 1. The molecule has 1 N–H and O–H groups in total. The molecule has 0 aliphatic carbocycles. The largest absolute Gasteiger partial charge is 0.309 e. The molecule has 4 aromatic rings. The van der Waals surface area contributed by atoms with E-state index in [1.807, 2.05) is 19.1 Å². The van der Waals surface area contributed by atoms with Crippen molar-refractivity contribution in [3.05, 3.63) is 88.0 Å². The first kappa shape index (κ1) is 21.5. The van der Waals surface area contributed by atoms with Gasteiger partial charge in [0.1, 0.15) is 12.4 Å². The molecular weight excluding hydrogens is 402 g/mol. The zero-order valence-electron chi connectivity index (χ0n) is 18.8. The number of aryl methyl sites for hydroxylation is 1. The second-order valence-corrected chi connectivity index (χ2v) is 8.96. The highest BCUT2D eigenvalue weighted by atomic mass is 16.2. The first-order valence-corrected chi connectivity index (χ1v) is 10.6. The normalized spacial score (nSPS) is 11.6. The Morgan fingerprint density at radius 2 is 1.66 bits per heavy atom. The number of nitrogens with zero attached hydrogens (tertiary/aromatic N) is 4. The number of fused-ring (bicyclic) bond motifs is 1. The van der Waals surface area contributed by atoms with Gasteiger partial charge in [0.25, 0.3) is 5.56 Å². The molecule has 7 nitrogen and oxygen atoms in total. The fourth-order valence-electron chi connectivity index (χ4n) is 3.68. The van der Waals surface area contributed by atoms with Crippen molar-refractivity contribution in [3.8, 4) is 0 Å². The van der Waals surface area contributed by atoms with Gasteiger partial charge in [-0.2, -0.15) is 10.2 Å². The highest BCUT2D eigenvalue weighted by Crippen LogP contribution is 2.22. The average Bonchev–Trinajstić information content (AvgIpc) is 3.18. The van der Waals surface area contributed by atoms with Crippen molar-refractivity contribution >= 4 is 22.5 Å². The smallest absolute Gasteiger partial charge is 0.275 e. The van der Waals surface area contributed by atoms with Gasteiger partial charge < -0.3 is 5.32 Å². The third-order valence-corrected chi connectivity index (χ3v) is 5.48. The van der Waals surface area contributed by atoms with Gasteiger partial charge in [-0.3, -0.25) is 9.59 Å². The van der Waals surface area contributed by atoms with Crippen molar-refractivity contribution in [1.29, 1.82) is 0 Å². The van der Waals surface area contributed by atoms with Gasteiger partial charge in [0.2, 0.25) is 5.91 Å². The minimum absolute atomic E-state index is 0.0939. The lowest BCUT2D eigenvalue weighted by Gasteiger charge is -2.19. The summed E-state index contributed by atoms with van der Waals surface area (Å²) in [5.74, 6) is 0.236. The molecule has 164 valence electrons. The quantitative estimate of drug-likeness (QED) is 0.522. The summed E-state index contributed by atoms with van der Waals surface area (Å²) >= 11 is 0. The van der Waals surface area contributed by atoms with Gasteiger partial charge in [-0.25, -0.2) is 9.36 Å². The molecule has 0 saturated heterocycles. The standard InChI is InChI=1S/C25H27N5O2/c1-17-20-7-5-6-8-21(20)24(32)30(28-17)16-23(31)27-22-13-14-26-29(22)15-18-9-11-19(12-10-18)25(2,3)4/h5-14H,15-16H2,1-4H3,(H,27,31). The zero-order valence-corrected chi connectivity index (χ0v) is 18.8. The Bertz CT molecular complexity index is 1330. The van der Waals surface area contributed by atoms with Crippen molar-refractivity contribution in [2.24, 2.45) is 0 Å². The summed E-state index contributed by atoms with van der Waals surface area (Å²) < 4.78 is 2.94. The van der Waals surface area contributed by atoms with Crippen molar-refractivity contribution < 1.29 is 4.79 Å². The summed E-state index contributed by atoms with van der Waals surface area (Å²) in [4.78, 5) is 25.4. The van der Waals surface area contributed by atoms with Crippen LogP contribution in [0.5, 0.6) is 0 Å². The van der Waals surface area contributed by atoms with Crippen molar-refractivity contribution in [2.75, 3.05) is 5.32 Å². The predicted octanol–water partition coefficient (Wildman–Crippen LogP) is 3.89. The van der Waals surface area contributed by atoms with Gasteiger partial charge in [0.15, 0.2) is 0 Å². The number of carbonyl (C=O) groups is 1. The van der Waals surface area contributed by atoms with Crippen LogP contribution in [0.3, 0.4) is 0 Å². The Hall–Kier alpha value is -3.74. The third-order valence-electron chi connectivity index (χ3n) is 5.48. The third kappa shape index (κ3) is 4.46. The number of benzene rings is 2. The molecule has 0 spiro atoms. The number of nitrogens with one attached hydrogen (secondary N) is 1. The SMILES string of the molecule is Cc1nn(CC(=O)Nc2ccnn2Cc2ccc(C(C)(C)C)cc2)c(=O)c2ccccc12. The van der Waals surface area contributed by atoms with Crippen LogP contribution in [0.2, 0.25) is 0 Å². The van der Waals surface area contributed by atoms with Crippen LogP contribution in [0, 0.1) is 6.92 Å².